The van der Waals surface area contributed by atoms with Crippen LogP contribution in [0.4, 0.5) is 5.00 Å². The number of para-hydroxylation sites is 1. The molecular formula is C30H31NO6S. The molecule has 0 atom stereocenters. The largest absolute Gasteiger partial charge is 0.476 e. The number of anilines is 1. The van der Waals surface area contributed by atoms with Gasteiger partial charge in [0, 0.05) is 10.4 Å². The molecule has 0 bridgehead atoms. The Hall–Kier alpha value is -3.91. The minimum atomic E-state index is -0.515. The summed E-state index contributed by atoms with van der Waals surface area (Å²) in [6.45, 7) is 11.5. The maximum Gasteiger partial charge on any atom is 0.341 e. The molecule has 0 unspecified atom stereocenters. The van der Waals surface area contributed by atoms with E-state index in [2.05, 4.69) is 26.1 Å². The minimum absolute atomic E-state index is 0.0406. The number of amides is 1. The average Bonchev–Trinajstić information content (AvgIpc) is 3.15. The number of carbonyl (C=O) groups excluding carboxylic acids is 2. The van der Waals surface area contributed by atoms with E-state index < -0.39 is 18.5 Å². The summed E-state index contributed by atoms with van der Waals surface area (Å²) in [5.74, 6) is -0.816. The first-order valence-corrected chi connectivity index (χ1v) is 13.2. The lowest BCUT2D eigenvalue weighted by atomic mass is 9.86. The summed E-state index contributed by atoms with van der Waals surface area (Å²) in [5.41, 5.74) is 2.88. The molecule has 0 spiro atoms. The molecule has 7 nitrogen and oxygen atoms in total. The number of carbonyl (C=O) groups is 2. The van der Waals surface area contributed by atoms with E-state index in [0.717, 1.165) is 16.0 Å². The van der Waals surface area contributed by atoms with Crippen LogP contribution < -0.4 is 15.5 Å². The molecule has 0 aliphatic rings. The number of fused-ring (bicyclic) bond motifs is 1. The number of nitrogens with one attached hydrogen (secondary N) is 1. The molecule has 0 aliphatic carbocycles. The summed E-state index contributed by atoms with van der Waals surface area (Å²) in [7, 11) is 0. The van der Waals surface area contributed by atoms with E-state index in [-0.39, 0.29) is 29.0 Å². The molecule has 1 amide bonds. The molecule has 4 aromatic rings. The number of aryl methyl sites for hydroxylation is 1. The van der Waals surface area contributed by atoms with E-state index in [1.54, 1.807) is 31.2 Å². The van der Waals surface area contributed by atoms with Crippen molar-refractivity contribution in [3.05, 3.63) is 80.3 Å². The van der Waals surface area contributed by atoms with Crippen LogP contribution >= 0.6 is 11.3 Å². The number of thiophene rings is 1. The Morgan fingerprint density at radius 1 is 1.03 bits per heavy atom. The van der Waals surface area contributed by atoms with Gasteiger partial charge in [-0.2, -0.15) is 0 Å². The van der Waals surface area contributed by atoms with Gasteiger partial charge in [-0.05, 0) is 49.4 Å². The van der Waals surface area contributed by atoms with Crippen LogP contribution in [-0.2, 0) is 14.9 Å². The summed E-state index contributed by atoms with van der Waals surface area (Å²) in [5, 5.41) is 3.48. The SMILES string of the molecule is CCOC(=O)c1c(NC(=O)COc2c(-c3ccc(C(C)(C)C)cc3)oc3ccccc3c2=O)sc(C)c1C. The Kier molecular flexibility index (Phi) is 7.73. The van der Waals surface area contributed by atoms with Crippen molar-refractivity contribution >= 4 is 39.2 Å². The smallest absolute Gasteiger partial charge is 0.341 e. The second kappa shape index (κ2) is 10.8. The van der Waals surface area contributed by atoms with Crippen molar-refractivity contribution < 1.29 is 23.5 Å². The van der Waals surface area contributed by atoms with E-state index in [1.807, 2.05) is 38.1 Å². The third-order valence-electron chi connectivity index (χ3n) is 6.23. The minimum Gasteiger partial charge on any atom is -0.476 e. The standard InChI is InChI=1S/C30H31NO6S/c1-7-35-29(34)24-17(2)18(3)38-28(24)31-23(32)16-36-27-25(33)21-10-8-9-11-22(21)37-26(27)19-12-14-20(15-13-19)30(4,5)6/h8-15H,7,16H2,1-6H3,(H,31,32). The second-order valence-electron chi connectivity index (χ2n) is 9.96. The van der Waals surface area contributed by atoms with Crippen molar-refractivity contribution in [1.29, 1.82) is 0 Å². The molecule has 1 N–H and O–H groups in total. The van der Waals surface area contributed by atoms with Crippen molar-refractivity contribution in [2.45, 2.75) is 47.0 Å². The molecule has 0 saturated carbocycles. The van der Waals surface area contributed by atoms with Crippen LogP contribution in [0.5, 0.6) is 5.75 Å². The molecule has 0 fully saturated rings. The molecule has 0 aliphatic heterocycles. The summed E-state index contributed by atoms with van der Waals surface area (Å²) in [6, 6.07) is 14.6. The molecule has 2 aromatic carbocycles. The first-order chi connectivity index (χ1) is 18.0. The van der Waals surface area contributed by atoms with Gasteiger partial charge in [0.15, 0.2) is 12.4 Å². The van der Waals surface area contributed by atoms with Crippen LogP contribution in [0.15, 0.2) is 57.7 Å². The number of ether oxygens (including phenoxy) is 2. The fourth-order valence-corrected chi connectivity index (χ4v) is 5.10. The first kappa shape index (κ1) is 27.1. The zero-order valence-electron chi connectivity index (χ0n) is 22.4. The lowest BCUT2D eigenvalue weighted by molar-refractivity contribution is -0.118. The lowest BCUT2D eigenvalue weighted by Gasteiger charge is -2.19. The van der Waals surface area contributed by atoms with Gasteiger partial charge >= 0.3 is 5.97 Å². The third kappa shape index (κ3) is 5.50. The van der Waals surface area contributed by atoms with Gasteiger partial charge in [0.1, 0.15) is 10.6 Å². The number of hydrogen-bond donors (Lipinski definition) is 1. The molecular weight excluding hydrogens is 502 g/mol. The van der Waals surface area contributed by atoms with Crippen molar-refractivity contribution in [2.75, 3.05) is 18.5 Å². The van der Waals surface area contributed by atoms with Gasteiger partial charge in [-0.3, -0.25) is 9.59 Å². The van der Waals surface area contributed by atoms with Crippen molar-refractivity contribution in [3.63, 3.8) is 0 Å². The Labute approximate surface area is 225 Å². The van der Waals surface area contributed by atoms with Gasteiger partial charge in [0.2, 0.25) is 11.2 Å². The fraction of sp³-hybridized carbons (Fsp3) is 0.300. The van der Waals surface area contributed by atoms with E-state index in [4.69, 9.17) is 13.9 Å². The van der Waals surface area contributed by atoms with Crippen LogP contribution in [0, 0.1) is 13.8 Å². The predicted octanol–water partition coefficient (Wildman–Crippen LogP) is 6.63. The Morgan fingerprint density at radius 2 is 1.71 bits per heavy atom. The molecule has 2 aromatic heterocycles. The van der Waals surface area contributed by atoms with E-state index in [1.165, 1.54) is 11.3 Å². The van der Waals surface area contributed by atoms with Crippen LogP contribution in [-0.4, -0.2) is 25.1 Å². The van der Waals surface area contributed by atoms with Gasteiger partial charge in [-0.25, -0.2) is 4.79 Å². The summed E-state index contributed by atoms with van der Waals surface area (Å²) < 4.78 is 17.1. The zero-order valence-corrected chi connectivity index (χ0v) is 23.2. The second-order valence-corrected chi connectivity index (χ2v) is 11.2. The van der Waals surface area contributed by atoms with Gasteiger partial charge in [-0.1, -0.05) is 57.2 Å². The molecule has 2 heterocycles. The molecule has 4 rings (SSSR count). The number of rotatable bonds is 7. The van der Waals surface area contributed by atoms with Gasteiger partial charge < -0.3 is 19.2 Å². The Bertz CT molecular complexity index is 1560. The number of hydrogen-bond acceptors (Lipinski definition) is 7. The Morgan fingerprint density at radius 3 is 2.37 bits per heavy atom. The Balaban J connectivity index is 1.65. The normalized spacial score (nSPS) is 11.4. The molecule has 198 valence electrons. The molecule has 0 saturated heterocycles. The van der Waals surface area contributed by atoms with E-state index in [0.29, 0.717) is 27.1 Å². The van der Waals surface area contributed by atoms with Crippen molar-refractivity contribution in [2.24, 2.45) is 0 Å². The lowest BCUT2D eigenvalue weighted by Crippen LogP contribution is -2.23. The highest BCUT2D eigenvalue weighted by Gasteiger charge is 2.24. The van der Waals surface area contributed by atoms with Crippen LogP contribution in [0.2, 0.25) is 0 Å². The molecule has 8 heteroatoms. The highest BCUT2D eigenvalue weighted by Crippen LogP contribution is 2.34. The highest BCUT2D eigenvalue weighted by molar-refractivity contribution is 7.16. The third-order valence-corrected chi connectivity index (χ3v) is 7.36. The summed E-state index contributed by atoms with van der Waals surface area (Å²) >= 11 is 1.28. The maximum absolute atomic E-state index is 13.4. The van der Waals surface area contributed by atoms with Crippen molar-refractivity contribution in [1.82, 2.24) is 0 Å². The topological polar surface area (TPSA) is 94.8 Å². The highest BCUT2D eigenvalue weighted by atomic mass is 32.1. The molecule has 38 heavy (non-hydrogen) atoms. The number of esters is 1. The quantitative estimate of drug-likeness (QED) is 0.268. The summed E-state index contributed by atoms with van der Waals surface area (Å²) in [6.07, 6.45) is 0. The summed E-state index contributed by atoms with van der Waals surface area (Å²) in [4.78, 5) is 39.7. The first-order valence-electron chi connectivity index (χ1n) is 12.4. The zero-order chi connectivity index (χ0) is 27.6. The van der Waals surface area contributed by atoms with Crippen LogP contribution in [0.25, 0.3) is 22.3 Å². The van der Waals surface area contributed by atoms with Crippen molar-refractivity contribution in [3.8, 4) is 17.1 Å². The van der Waals surface area contributed by atoms with E-state index >= 15 is 0 Å². The predicted molar refractivity (Wildman–Crippen MR) is 150 cm³/mol. The monoisotopic (exact) mass is 533 g/mol. The number of benzene rings is 2. The average molecular weight is 534 g/mol. The van der Waals surface area contributed by atoms with Gasteiger partial charge in [-0.15, -0.1) is 11.3 Å². The fourth-order valence-electron chi connectivity index (χ4n) is 4.03. The van der Waals surface area contributed by atoms with Crippen LogP contribution in [0.1, 0.15) is 54.1 Å². The van der Waals surface area contributed by atoms with Gasteiger partial charge in [0.05, 0.1) is 17.6 Å². The van der Waals surface area contributed by atoms with E-state index in [9.17, 15) is 14.4 Å². The van der Waals surface area contributed by atoms with Crippen LogP contribution in [0.3, 0.4) is 0 Å². The van der Waals surface area contributed by atoms with Gasteiger partial charge in [0.25, 0.3) is 5.91 Å². The molecule has 0 radical (unpaired) electrons. The maximum atomic E-state index is 13.4.